The first-order chi connectivity index (χ1) is 4.39. The smallest absolute Gasteiger partial charge is 0.323 e. The van der Waals surface area contributed by atoms with Crippen LogP contribution in [-0.2, 0) is 4.79 Å². The van der Waals surface area contributed by atoms with Gasteiger partial charge in [-0.25, -0.2) is 0 Å². The monoisotopic (exact) mass is 147 g/mol. The molecule has 0 aromatic heterocycles. The van der Waals surface area contributed by atoms with E-state index in [2.05, 4.69) is 5.32 Å². The third-order valence-corrected chi connectivity index (χ3v) is 1.24. The lowest BCUT2D eigenvalue weighted by Gasteiger charge is -2.24. The third-order valence-electron chi connectivity index (χ3n) is 1.24. The largest absolute Gasteiger partial charge is 0.480 e. The molecule has 4 nitrogen and oxygen atoms in total. The Balaban J connectivity index is 4.22. The van der Waals surface area contributed by atoms with Gasteiger partial charge in [0.2, 0.25) is 0 Å². The molecule has 0 fully saturated rings. The molecule has 0 saturated heterocycles. The maximum absolute atomic E-state index is 10.4. The molecule has 4 heteroatoms. The van der Waals surface area contributed by atoms with Crippen LogP contribution in [0, 0.1) is 0 Å². The normalized spacial score (nSPS) is 14.8. The number of aliphatic carboxylic acids is 1. The predicted molar refractivity (Wildman–Crippen MR) is 36.8 cm³/mol. The molecule has 0 heterocycles. The Hall–Kier alpha value is -0.610. The van der Waals surface area contributed by atoms with Crippen molar-refractivity contribution in [2.45, 2.75) is 25.5 Å². The third kappa shape index (κ3) is 2.33. The van der Waals surface area contributed by atoms with E-state index in [0.717, 1.165) is 0 Å². The Labute approximate surface area is 59.9 Å². The van der Waals surface area contributed by atoms with Crippen LogP contribution in [-0.4, -0.2) is 34.9 Å². The molecule has 1 unspecified atom stereocenters. The highest BCUT2D eigenvalue weighted by Crippen LogP contribution is 2.07. The van der Waals surface area contributed by atoms with Gasteiger partial charge in [0.15, 0.2) is 0 Å². The minimum Gasteiger partial charge on any atom is -0.480 e. The van der Waals surface area contributed by atoms with Crippen molar-refractivity contribution < 1.29 is 15.0 Å². The van der Waals surface area contributed by atoms with Crippen LogP contribution in [0.15, 0.2) is 0 Å². The van der Waals surface area contributed by atoms with Crippen LogP contribution >= 0.6 is 0 Å². The molecule has 0 amide bonds. The molecule has 0 aromatic carbocycles. The van der Waals surface area contributed by atoms with Crippen LogP contribution < -0.4 is 5.32 Å². The molecule has 0 rings (SSSR count). The fourth-order valence-corrected chi connectivity index (χ4v) is 0.779. The molecular formula is C6H13NO3. The average Bonchev–Trinajstić information content (AvgIpc) is 1.60. The number of carboxylic acids is 1. The second-order valence-corrected chi connectivity index (χ2v) is 2.71. The van der Waals surface area contributed by atoms with Crippen LogP contribution in [0.4, 0.5) is 0 Å². The SMILES string of the molecule is CNC(C(=O)O)C(C)(C)O. The Morgan fingerprint density at radius 2 is 2.00 bits per heavy atom. The Morgan fingerprint density at radius 3 is 2.00 bits per heavy atom. The summed E-state index contributed by atoms with van der Waals surface area (Å²) in [5, 5.41) is 20.2. The zero-order valence-corrected chi connectivity index (χ0v) is 6.38. The van der Waals surface area contributed by atoms with Crippen molar-refractivity contribution in [1.29, 1.82) is 0 Å². The second kappa shape index (κ2) is 2.98. The van der Waals surface area contributed by atoms with Gasteiger partial charge in [-0.2, -0.15) is 0 Å². The molecule has 0 aliphatic carbocycles. The summed E-state index contributed by atoms with van der Waals surface area (Å²) in [5.74, 6) is -1.05. The summed E-state index contributed by atoms with van der Waals surface area (Å²) in [6.07, 6.45) is 0. The molecule has 0 saturated carbocycles. The first-order valence-electron chi connectivity index (χ1n) is 3.02. The summed E-state index contributed by atoms with van der Waals surface area (Å²) < 4.78 is 0. The van der Waals surface area contributed by atoms with Gasteiger partial charge in [-0.1, -0.05) is 0 Å². The quantitative estimate of drug-likeness (QED) is 0.500. The van der Waals surface area contributed by atoms with Crippen molar-refractivity contribution in [2.24, 2.45) is 0 Å². The van der Waals surface area contributed by atoms with Crippen LogP contribution in [0.2, 0.25) is 0 Å². The first-order valence-corrected chi connectivity index (χ1v) is 3.02. The van der Waals surface area contributed by atoms with E-state index in [4.69, 9.17) is 5.11 Å². The summed E-state index contributed by atoms with van der Waals surface area (Å²) in [5.41, 5.74) is -1.22. The average molecular weight is 147 g/mol. The van der Waals surface area contributed by atoms with Crippen molar-refractivity contribution in [3.05, 3.63) is 0 Å². The van der Waals surface area contributed by atoms with Gasteiger partial charge in [0.25, 0.3) is 0 Å². The standard InChI is InChI=1S/C6H13NO3/c1-6(2,10)4(7-3)5(8)9/h4,7,10H,1-3H3,(H,8,9). The molecule has 0 bridgehead atoms. The minimum atomic E-state index is -1.22. The highest BCUT2D eigenvalue weighted by molar-refractivity contribution is 5.74. The molecule has 0 aliphatic rings. The number of hydrogen-bond donors (Lipinski definition) is 3. The van der Waals surface area contributed by atoms with E-state index in [9.17, 15) is 9.90 Å². The van der Waals surface area contributed by atoms with E-state index in [-0.39, 0.29) is 0 Å². The first kappa shape index (κ1) is 9.39. The molecule has 1 atom stereocenters. The van der Waals surface area contributed by atoms with Gasteiger partial charge >= 0.3 is 5.97 Å². The summed E-state index contributed by atoms with van der Waals surface area (Å²) in [6.45, 7) is 2.89. The summed E-state index contributed by atoms with van der Waals surface area (Å²) in [6, 6.07) is -0.910. The predicted octanol–water partition coefficient (Wildman–Crippen LogP) is -0.570. The number of hydrogen-bond acceptors (Lipinski definition) is 3. The van der Waals surface area contributed by atoms with Crippen molar-refractivity contribution in [2.75, 3.05) is 7.05 Å². The molecule has 0 radical (unpaired) electrons. The van der Waals surface area contributed by atoms with E-state index < -0.39 is 17.6 Å². The number of aliphatic hydroxyl groups is 1. The Kier molecular flexibility index (Phi) is 2.80. The van der Waals surface area contributed by atoms with Gasteiger partial charge in [0.05, 0.1) is 5.60 Å². The number of carbonyl (C=O) groups is 1. The van der Waals surface area contributed by atoms with Crippen LogP contribution in [0.3, 0.4) is 0 Å². The lowest BCUT2D eigenvalue weighted by Crippen LogP contribution is -2.50. The van der Waals surface area contributed by atoms with E-state index in [1.54, 1.807) is 0 Å². The number of rotatable bonds is 3. The van der Waals surface area contributed by atoms with Crippen molar-refractivity contribution >= 4 is 5.97 Å². The lowest BCUT2D eigenvalue weighted by atomic mass is 10.00. The maximum atomic E-state index is 10.4. The van der Waals surface area contributed by atoms with Crippen LogP contribution in [0.25, 0.3) is 0 Å². The topological polar surface area (TPSA) is 69.6 Å². The zero-order chi connectivity index (χ0) is 8.36. The molecule has 0 aromatic rings. The van der Waals surface area contributed by atoms with E-state index in [0.29, 0.717) is 0 Å². The highest BCUT2D eigenvalue weighted by atomic mass is 16.4. The maximum Gasteiger partial charge on any atom is 0.323 e. The summed E-state index contributed by atoms with van der Waals surface area (Å²) in [4.78, 5) is 10.4. The number of carboxylic acid groups (broad SMARTS) is 1. The van der Waals surface area contributed by atoms with E-state index in [1.165, 1.54) is 20.9 Å². The molecular weight excluding hydrogens is 134 g/mol. The van der Waals surface area contributed by atoms with Gasteiger partial charge in [0.1, 0.15) is 6.04 Å². The van der Waals surface area contributed by atoms with Gasteiger partial charge < -0.3 is 15.5 Å². The highest BCUT2D eigenvalue weighted by Gasteiger charge is 2.31. The summed E-state index contributed by atoms with van der Waals surface area (Å²) in [7, 11) is 1.50. The van der Waals surface area contributed by atoms with Gasteiger partial charge in [-0.15, -0.1) is 0 Å². The van der Waals surface area contributed by atoms with E-state index in [1.807, 2.05) is 0 Å². The zero-order valence-electron chi connectivity index (χ0n) is 6.38. The van der Waals surface area contributed by atoms with E-state index >= 15 is 0 Å². The molecule has 0 aliphatic heterocycles. The van der Waals surface area contributed by atoms with Gasteiger partial charge in [-0.3, -0.25) is 4.79 Å². The Morgan fingerprint density at radius 1 is 1.60 bits per heavy atom. The molecule has 60 valence electrons. The van der Waals surface area contributed by atoms with Crippen molar-refractivity contribution in [3.8, 4) is 0 Å². The second-order valence-electron chi connectivity index (χ2n) is 2.71. The number of likely N-dealkylation sites (N-methyl/N-ethyl adjacent to an activating group) is 1. The van der Waals surface area contributed by atoms with Crippen molar-refractivity contribution in [1.82, 2.24) is 5.32 Å². The fraction of sp³-hybridized carbons (Fsp3) is 0.833. The minimum absolute atomic E-state index is 0.910. The molecule has 0 spiro atoms. The summed E-state index contributed by atoms with van der Waals surface area (Å²) >= 11 is 0. The van der Waals surface area contributed by atoms with Crippen molar-refractivity contribution in [3.63, 3.8) is 0 Å². The molecule has 10 heavy (non-hydrogen) atoms. The fourth-order valence-electron chi connectivity index (χ4n) is 0.779. The van der Waals surface area contributed by atoms with Crippen LogP contribution in [0.1, 0.15) is 13.8 Å². The number of nitrogens with one attached hydrogen (secondary N) is 1. The molecule has 3 N–H and O–H groups in total. The lowest BCUT2D eigenvalue weighted by molar-refractivity contribution is -0.145. The Bertz CT molecular complexity index is 127. The van der Waals surface area contributed by atoms with Gasteiger partial charge in [0, 0.05) is 0 Å². The van der Waals surface area contributed by atoms with Gasteiger partial charge in [-0.05, 0) is 20.9 Å². The van der Waals surface area contributed by atoms with Crippen LogP contribution in [0.5, 0.6) is 0 Å².